The van der Waals surface area contributed by atoms with Crippen LogP contribution in [0.4, 0.5) is 5.69 Å². The van der Waals surface area contributed by atoms with Gasteiger partial charge in [-0.2, -0.15) is 0 Å². The highest BCUT2D eigenvalue weighted by Gasteiger charge is 2.18. The Hall–Kier alpha value is -2.40. The third-order valence-electron chi connectivity index (χ3n) is 2.80. The molecule has 0 radical (unpaired) electrons. The van der Waals surface area contributed by atoms with Gasteiger partial charge in [0.1, 0.15) is 5.69 Å². The first-order valence-electron chi connectivity index (χ1n) is 6.16. The van der Waals surface area contributed by atoms with Crippen LogP contribution in [0.15, 0.2) is 42.6 Å². The van der Waals surface area contributed by atoms with Crippen LogP contribution in [0, 0.1) is 6.92 Å². The van der Waals surface area contributed by atoms with Crippen LogP contribution < -0.4 is 10.1 Å². The van der Waals surface area contributed by atoms with E-state index in [9.17, 15) is 9.90 Å². The van der Waals surface area contributed by atoms with Gasteiger partial charge < -0.3 is 15.2 Å². The van der Waals surface area contributed by atoms with E-state index in [0.717, 1.165) is 5.56 Å². The van der Waals surface area contributed by atoms with Crippen molar-refractivity contribution in [2.75, 3.05) is 12.4 Å². The first-order chi connectivity index (χ1) is 9.61. The molecule has 2 N–H and O–H groups in total. The van der Waals surface area contributed by atoms with Crippen LogP contribution in [-0.2, 0) is 4.79 Å². The summed E-state index contributed by atoms with van der Waals surface area (Å²) in [5.74, 6) is -0.217. The minimum atomic E-state index is -1.23. The molecule has 0 fully saturated rings. The maximum Gasteiger partial charge on any atom is 0.257 e. The van der Waals surface area contributed by atoms with Crippen molar-refractivity contribution >= 4 is 11.6 Å². The molecule has 0 aliphatic heterocycles. The van der Waals surface area contributed by atoms with E-state index in [2.05, 4.69) is 10.3 Å². The number of amides is 1. The Morgan fingerprint density at radius 1 is 1.35 bits per heavy atom. The van der Waals surface area contributed by atoms with E-state index in [4.69, 9.17) is 4.74 Å². The van der Waals surface area contributed by atoms with Crippen LogP contribution in [0.5, 0.6) is 5.88 Å². The van der Waals surface area contributed by atoms with Crippen molar-refractivity contribution in [1.29, 1.82) is 0 Å². The zero-order valence-corrected chi connectivity index (χ0v) is 11.3. The molecule has 1 aromatic carbocycles. The van der Waals surface area contributed by atoms with E-state index in [-0.39, 0.29) is 0 Å². The lowest BCUT2D eigenvalue weighted by Crippen LogP contribution is -2.21. The molecule has 104 valence electrons. The molecule has 0 bridgehead atoms. The van der Waals surface area contributed by atoms with Gasteiger partial charge in [-0.1, -0.05) is 30.3 Å². The van der Waals surface area contributed by atoms with Gasteiger partial charge in [0.25, 0.3) is 5.91 Å². The first-order valence-corrected chi connectivity index (χ1v) is 6.16. The van der Waals surface area contributed by atoms with Gasteiger partial charge in [-0.15, -0.1) is 0 Å². The quantitative estimate of drug-likeness (QED) is 0.893. The fourth-order valence-electron chi connectivity index (χ4n) is 1.80. The molecule has 0 aliphatic rings. The number of aryl methyl sites for hydroxylation is 1. The van der Waals surface area contributed by atoms with Gasteiger partial charge in [0.2, 0.25) is 5.88 Å². The van der Waals surface area contributed by atoms with Crippen molar-refractivity contribution in [3.63, 3.8) is 0 Å². The SMILES string of the molecule is COc1ncc(C)cc1NC(=O)C(O)c1ccccc1. The van der Waals surface area contributed by atoms with Crippen LogP contribution in [-0.4, -0.2) is 23.1 Å². The highest BCUT2D eigenvalue weighted by molar-refractivity contribution is 5.95. The molecular formula is C15H16N2O3. The summed E-state index contributed by atoms with van der Waals surface area (Å²) in [4.78, 5) is 16.1. The molecule has 0 saturated heterocycles. The maximum absolute atomic E-state index is 12.0. The summed E-state index contributed by atoms with van der Waals surface area (Å²) in [5.41, 5.74) is 1.85. The second-order valence-electron chi connectivity index (χ2n) is 4.37. The summed E-state index contributed by atoms with van der Waals surface area (Å²) in [6.07, 6.45) is 0.406. The lowest BCUT2D eigenvalue weighted by molar-refractivity contribution is -0.124. The van der Waals surface area contributed by atoms with E-state index in [0.29, 0.717) is 17.1 Å². The van der Waals surface area contributed by atoms with Crippen LogP contribution in [0.25, 0.3) is 0 Å². The van der Waals surface area contributed by atoms with Gasteiger partial charge in [-0.25, -0.2) is 4.98 Å². The van der Waals surface area contributed by atoms with Crippen molar-refractivity contribution in [2.45, 2.75) is 13.0 Å². The van der Waals surface area contributed by atoms with Crippen molar-refractivity contribution in [3.05, 3.63) is 53.7 Å². The number of rotatable bonds is 4. The molecule has 0 aliphatic carbocycles. The number of aliphatic hydroxyl groups excluding tert-OH is 1. The van der Waals surface area contributed by atoms with Crippen LogP contribution >= 0.6 is 0 Å². The highest BCUT2D eigenvalue weighted by atomic mass is 16.5. The van der Waals surface area contributed by atoms with Gasteiger partial charge in [0.05, 0.1) is 7.11 Å². The van der Waals surface area contributed by atoms with Crippen LogP contribution in [0.3, 0.4) is 0 Å². The minimum Gasteiger partial charge on any atom is -0.480 e. The summed E-state index contributed by atoms with van der Waals surface area (Å²) in [5, 5.41) is 12.6. The minimum absolute atomic E-state index is 0.309. The Morgan fingerprint density at radius 3 is 2.70 bits per heavy atom. The number of pyridine rings is 1. The second-order valence-corrected chi connectivity index (χ2v) is 4.37. The number of carbonyl (C=O) groups excluding carboxylic acids is 1. The van der Waals surface area contributed by atoms with E-state index < -0.39 is 12.0 Å². The number of anilines is 1. The number of carbonyl (C=O) groups is 1. The number of hydrogen-bond acceptors (Lipinski definition) is 4. The van der Waals surface area contributed by atoms with E-state index >= 15 is 0 Å². The predicted octanol–water partition coefficient (Wildman–Crippen LogP) is 2.07. The highest BCUT2D eigenvalue weighted by Crippen LogP contribution is 2.23. The van der Waals surface area contributed by atoms with Crippen LogP contribution in [0.1, 0.15) is 17.2 Å². The third kappa shape index (κ3) is 3.13. The first kappa shape index (κ1) is 14.0. The number of aromatic nitrogens is 1. The van der Waals surface area contributed by atoms with E-state index in [1.807, 2.05) is 13.0 Å². The zero-order valence-electron chi connectivity index (χ0n) is 11.3. The maximum atomic E-state index is 12.0. The van der Waals surface area contributed by atoms with Gasteiger partial charge in [-0.05, 0) is 24.1 Å². The van der Waals surface area contributed by atoms with Crippen molar-refractivity contribution < 1.29 is 14.6 Å². The fraction of sp³-hybridized carbons (Fsp3) is 0.200. The lowest BCUT2D eigenvalue weighted by Gasteiger charge is -2.13. The van der Waals surface area contributed by atoms with Gasteiger partial charge in [0.15, 0.2) is 6.10 Å². The van der Waals surface area contributed by atoms with Gasteiger partial charge in [0, 0.05) is 6.20 Å². The smallest absolute Gasteiger partial charge is 0.257 e. The zero-order chi connectivity index (χ0) is 14.5. The molecule has 20 heavy (non-hydrogen) atoms. The fourth-order valence-corrected chi connectivity index (χ4v) is 1.80. The number of nitrogens with one attached hydrogen (secondary N) is 1. The summed E-state index contributed by atoms with van der Waals surface area (Å²) < 4.78 is 5.08. The molecule has 0 saturated carbocycles. The lowest BCUT2D eigenvalue weighted by atomic mass is 10.1. The molecule has 5 heteroatoms. The summed E-state index contributed by atoms with van der Waals surface area (Å²) in [6, 6.07) is 10.5. The normalized spacial score (nSPS) is 11.8. The van der Waals surface area contributed by atoms with Gasteiger partial charge in [-0.3, -0.25) is 4.79 Å². The molecule has 1 atom stereocenters. The molecule has 1 amide bonds. The number of benzene rings is 1. The standard InChI is InChI=1S/C15H16N2O3/c1-10-8-12(15(20-2)16-9-10)17-14(19)13(18)11-6-4-3-5-7-11/h3-9,13,18H,1-2H3,(H,17,19). The van der Waals surface area contributed by atoms with Crippen molar-refractivity contribution in [3.8, 4) is 5.88 Å². The summed E-state index contributed by atoms with van der Waals surface area (Å²) >= 11 is 0. The Bertz CT molecular complexity index is 599. The molecule has 5 nitrogen and oxygen atoms in total. The largest absolute Gasteiger partial charge is 0.480 e. The van der Waals surface area contributed by atoms with E-state index in [1.165, 1.54) is 7.11 Å². The number of ether oxygens (including phenoxy) is 1. The van der Waals surface area contributed by atoms with Crippen molar-refractivity contribution in [1.82, 2.24) is 4.98 Å². The molecule has 2 aromatic rings. The Morgan fingerprint density at radius 2 is 2.05 bits per heavy atom. The van der Waals surface area contributed by atoms with Crippen molar-refractivity contribution in [2.24, 2.45) is 0 Å². The molecular weight excluding hydrogens is 256 g/mol. The Labute approximate surface area is 117 Å². The molecule has 1 heterocycles. The number of nitrogens with zero attached hydrogens (tertiary/aromatic N) is 1. The van der Waals surface area contributed by atoms with E-state index in [1.54, 1.807) is 36.5 Å². The molecule has 2 rings (SSSR count). The third-order valence-corrected chi connectivity index (χ3v) is 2.80. The summed E-state index contributed by atoms with van der Waals surface area (Å²) in [6.45, 7) is 1.86. The second kappa shape index (κ2) is 6.16. The monoisotopic (exact) mass is 272 g/mol. The molecule has 1 unspecified atom stereocenters. The summed E-state index contributed by atoms with van der Waals surface area (Å²) in [7, 11) is 1.47. The molecule has 1 aromatic heterocycles. The number of methoxy groups -OCH3 is 1. The Balaban J connectivity index is 2.18. The van der Waals surface area contributed by atoms with Gasteiger partial charge >= 0.3 is 0 Å². The molecule has 0 spiro atoms. The van der Waals surface area contributed by atoms with Crippen LogP contribution in [0.2, 0.25) is 0 Å². The average Bonchev–Trinajstić information content (AvgIpc) is 2.47. The average molecular weight is 272 g/mol. The number of hydrogen-bond donors (Lipinski definition) is 2. The Kier molecular flexibility index (Phi) is 4.32. The topological polar surface area (TPSA) is 71.5 Å². The number of aliphatic hydroxyl groups is 1. The predicted molar refractivity (Wildman–Crippen MR) is 75.6 cm³/mol.